The van der Waals surface area contributed by atoms with Crippen LogP contribution >= 0.6 is 0 Å². The predicted molar refractivity (Wildman–Crippen MR) is 172 cm³/mol. The van der Waals surface area contributed by atoms with Gasteiger partial charge in [-0.25, -0.2) is 15.0 Å². The van der Waals surface area contributed by atoms with E-state index in [1.54, 1.807) is 0 Å². The molecule has 0 atom stereocenters. The van der Waals surface area contributed by atoms with Crippen molar-refractivity contribution in [2.75, 3.05) is 0 Å². The lowest BCUT2D eigenvalue weighted by molar-refractivity contribution is -0.633. The van der Waals surface area contributed by atoms with Gasteiger partial charge in [0.1, 0.15) is 18.2 Å². The minimum Gasteiger partial charge on any atom is -0.454 e. The maximum absolute atomic E-state index is 6.85. The molecule has 0 aliphatic heterocycles. The van der Waals surface area contributed by atoms with Crippen molar-refractivity contribution in [2.24, 2.45) is 7.05 Å². The van der Waals surface area contributed by atoms with E-state index in [4.69, 9.17) is 19.4 Å². The summed E-state index contributed by atoms with van der Waals surface area (Å²) < 4.78 is 9.09. The SMILES string of the molecule is Cc1ccc2c(oc3c(-c4nc(-c5ccccc5)nc(-c5ccccc5)n4)cccc32)c1-c1ccc2ccccc2[n+]1C. The van der Waals surface area contributed by atoms with Crippen LogP contribution in [0.3, 0.4) is 0 Å². The Morgan fingerprint density at radius 2 is 1.16 bits per heavy atom. The molecule has 5 heteroatoms. The quantitative estimate of drug-likeness (QED) is 0.204. The van der Waals surface area contributed by atoms with Crippen LogP contribution < -0.4 is 4.57 Å². The number of benzene rings is 5. The summed E-state index contributed by atoms with van der Waals surface area (Å²) in [5.41, 5.74) is 8.81. The molecule has 0 aliphatic carbocycles. The Morgan fingerprint density at radius 1 is 0.535 bits per heavy atom. The molecule has 3 aromatic heterocycles. The lowest BCUT2D eigenvalue weighted by atomic mass is 9.99. The Morgan fingerprint density at radius 3 is 1.88 bits per heavy atom. The Hall–Kier alpha value is -5.68. The van der Waals surface area contributed by atoms with Crippen LogP contribution in [0.1, 0.15) is 5.56 Å². The third kappa shape index (κ3) is 4.17. The number of para-hydroxylation sites is 2. The zero-order valence-corrected chi connectivity index (χ0v) is 23.8. The minimum atomic E-state index is 0.576. The first-order valence-corrected chi connectivity index (χ1v) is 14.4. The Balaban J connectivity index is 1.39. The molecule has 0 aliphatic rings. The van der Waals surface area contributed by atoms with Crippen LogP contribution in [0.25, 0.3) is 78.3 Å². The molecular formula is C38H27N4O+. The van der Waals surface area contributed by atoms with E-state index in [1.165, 1.54) is 10.9 Å². The third-order valence-electron chi connectivity index (χ3n) is 8.15. The summed E-state index contributed by atoms with van der Waals surface area (Å²) >= 11 is 0. The molecule has 0 bridgehead atoms. The number of pyridine rings is 1. The predicted octanol–water partition coefficient (Wildman–Crippen LogP) is 8.73. The summed E-state index contributed by atoms with van der Waals surface area (Å²) in [5, 5.41) is 3.29. The molecule has 0 saturated heterocycles. The van der Waals surface area contributed by atoms with Gasteiger partial charge in [-0.2, -0.15) is 4.57 Å². The maximum atomic E-state index is 6.85. The highest BCUT2D eigenvalue weighted by atomic mass is 16.3. The number of nitrogens with zero attached hydrogens (tertiary/aromatic N) is 4. The lowest BCUT2D eigenvalue weighted by Crippen LogP contribution is -2.32. The van der Waals surface area contributed by atoms with Gasteiger partial charge in [-0.1, -0.05) is 97.1 Å². The second kappa shape index (κ2) is 10.00. The van der Waals surface area contributed by atoms with Crippen LogP contribution in [0, 0.1) is 6.92 Å². The highest BCUT2D eigenvalue weighted by Gasteiger charge is 2.24. The lowest BCUT2D eigenvalue weighted by Gasteiger charge is -2.08. The van der Waals surface area contributed by atoms with Crippen molar-refractivity contribution in [1.82, 2.24) is 15.0 Å². The van der Waals surface area contributed by atoms with Gasteiger partial charge in [-0.15, -0.1) is 0 Å². The molecule has 0 radical (unpaired) electrons. The molecule has 0 fully saturated rings. The Labute approximate surface area is 248 Å². The summed E-state index contributed by atoms with van der Waals surface area (Å²) in [4.78, 5) is 14.8. The van der Waals surface area contributed by atoms with Gasteiger partial charge in [-0.3, -0.25) is 0 Å². The number of hydrogen-bond donors (Lipinski definition) is 0. The summed E-state index contributed by atoms with van der Waals surface area (Å²) in [5.74, 6) is 1.82. The van der Waals surface area contributed by atoms with E-state index in [0.717, 1.165) is 55.4 Å². The molecule has 0 saturated carbocycles. The number of hydrogen-bond acceptors (Lipinski definition) is 4. The molecular weight excluding hydrogens is 528 g/mol. The zero-order valence-electron chi connectivity index (χ0n) is 23.8. The second-order valence-corrected chi connectivity index (χ2v) is 10.8. The van der Waals surface area contributed by atoms with Crippen LogP contribution in [0.15, 0.2) is 132 Å². The molecule has 5 nitrogen and oxygen atoms in total. The van der Waals surface area contributed by atoms with Crippen LogP contribution in [0.4, 0.5) is 0 Å². The zero-order chi connectivity index (χ0) is 28.9. The molecule has 3 heterocycles. The van der Waals surface area contributed by atoms with E-state index in [1.807, 2.05) is 66.7 Å². The fraction of sp³-hybridized carbons (Fsp3) is 0.0526. The first-order valence-electron chi connectivity index (χ1n) is 14.4. The smallest absolute Gasteiger partial charge is 0.216 e. The molecule has 0 spiro atoms. The molecule has 8 rings (SSSR count). The fourth-order valence-corrected chi connectivity index (χ4v) is 5.98. The molecule has 0 N–H and O–H groups in total. The van der Waals surface area contributed by atoms with E-state index in [2.05, 4.69) is 79.2 Å². The molecule has 5 aromatic carbocycles. The van der Waals surface area contributed by atoms with E-state index in [9.17, 15) is 0 Å². The molecule has 43 heavy (non-hydrogen) atoms. The van der Waals surface area contributed by atoms with E-state index < -0.39 is 0 Å². The Kier molecular flexibility index (Phi) is 5.83. The van der Waals surface area contributed by atoms with Gasteiger partial charge >= 0.3 is 0 Å². The monoisotopic (exact) mass is 555 g/mol. The average molecular weight is 556 g/mol. The normalized spacial score (nSPS) is 11.5. The summed E-state index contributed by atoms with van der Waals surface area (Å²) in [6.45, 7) is 2.14. The van der Waals surface area contributed by atoms with Gasteiger partial charge in [0.2, 0.25) is 11.2 Å². The van der Waals surface area contributed by atoms with Crippen molar-refractivity contribution in [2.45, 2.75) is 6.92 Å². The van der Waals surface area contributed by atoms with Gasteiger partial charge in [0, 0.05) is 39.4 Å². The van der Waals surface area contributed by atoms with Crippen LogP contribution in [0.2, 0.25) is 0 Å². The van der Waals surface area contributed by atoms with Crippen molar-refractivity contribution in [1.29, 1.82) is 0 Å². The number of aryl methyl sites for hydroxylation is 2. The highest BCUT2D eigenvalue weighted by molar-refractivity contribution is 6.13. The number of furan rings is 1. The van der Waals surface area contributed by atoms with Gasteiger partial charge < -0.3 is 4.42 Å². The maximum Gasteiger partial charge on any atom is 0.216 e. The first kappa shape index (κ1) is 25.1. The summed E-state index contributed by atoms with van der Waals surface area (Å²) in [6, 6.07) is 43.4. The molecule has 8 aromatic rings. The van der Waals surface area contributed by atoms with Crippen molar-refractivity contribution in [3.63, 3.8) is 0 Å². The van der Waals surface area contributed by atoms with Crippen LogP contribution in [-0.2, 0) is 7.05 Å². The standard InChI is InChI=1S/C38H27N4O/c1-24-20-22-29-28-17-11-18-30(34(28)43-35(29)33(24)32-23-21-25-12-9-10-19-31(25)42(32)2)38-40-36(26-13-5-3-6-14-26)39-37(41-38)27-15-7-4-8-16-27/h3-23H,1-2H3/q+1. The van der Waals surface area contributed by atoms with E-state index in [0.29, 0.717) is 17.5 Å². The largest absolute Gasteiger partial charge is 0.454 e. The van der Waals surface area contributed by atoms with Gasteiger partial charge in [0.15, 0.2) is 17.5 Å². The van der Waals surface area contributed by atoms with Crippen LogP contribution in [0.5, 0.6) is 0 Å². The first-order chi connectivity index (χ1) is 21.2. The fourth-order valence-electron chi connectivity index (χ4n) is 5.98. The van der Waals surface area contributed by atoms with Gasteiger partial charge in [0.25, 0.3) is 0 Å². The van der Waals surface area contributed by atoms with Crippen molar-refractivity contribution in [3.05, 3.63) is 133 Å². The van der Waals surface area contributed by atoms with Crippen molar-refractivity contribution >= 4 is 32.8 Å². The minimum absolute atomic E-state index is 0.576. The van der Waals surface area contributed by atoms with Crippen molar-refractivity contribution < 1.29 is 8.98 Å². The van der Waals surface area contributed by atoms with Crippen molar-refractivity contribution in [3.8, 4) is 45.4 Å². The molecule has 0 unspecified atom stereocenters. The van der Waals surface area contributed by atoms with E-state index >= 15 is 0 Å². The molecule has 204 valence electrons. The van der Waals surface area contributed by atoms with Gasteiger partial charge in [0.05, 0.1) is 11.1 Å². The topological polar surface area (TPSA) is 55.7 Å². The Bertz CT molecular complexity index is 2250. The average Bonchev–Trinajstić information content (AvgIpc) is 3.45. The highest BCUT2D eigenvalue weighted by Crippen LogP contribution is 2.40. The number of fused-ring (bicyclic) bond motifs is 4. The second-order valence-electron chi connectivity index (χ2n) is 10.8. The third-order valence-corrected chi connectivity index (χ3v) is 8.15. The summed E-state index contributed by atoms with van der Waals surface area (Å²) in [6.07, 6.45) is 0. The number of rotatable bonds is 4. The number of aromatic nitrogens is 4. The molecule has 0 amide bonds. The van der Waals surface area contributed by atoms with Crippen LogP contribution in [-0.4, -0.2) is 15.0 Å². The summed E-state index contributed by atoms with van der Waals surface area (Å²) in [7, 11) is 2.12. The van der Waals surface area contributed by atoms with E-state index in [-0.39, 0.29) is 0 Å². The van der Waals surface area contributed by atoms with Gasteiger partial charge in [-0.05, 0) is 30.7 Å².